The van der Waals surface area contributed by atoms with E-state index in [0.717, 1.165) is 24.3 Å². The van der Waals surface area contributed by atoms with E-state index in [-0.39, 0.29) is 11.9 Å². The van der Waals surface area contributed by atoms with E-state index in [1.165, 1.54) is 12.8 Å². The quantitative estimate of drug-likeness (QED) is 0.806. The van der Waals surface area contributed by atoms with E-state index in [0.29, 0.717) is 12.2 Å². The van der Waals surface area contributed by atoms with Crippen LogP contribution in [0.1, 0.15) is 48.7 Å². The summed E-state index contributed by atoms with van der Waals surface area (Å²) in [6, 6.07) is 3.87. The summed E-state index contributed by atoms with van der Waals surface area (Å²) in [5.74, 6) is 0.744. The molecule has 2 rings (SSSR count). The summed E-state index contributed by atoms with van der Waals surface area (Å²) in [6.45, 7) is 2.56. The van der Waals surface area contributed by atoms with Crippen LogP contribution in [-0.4, -0.2) is 16.9 Å². The zero-order chi connectivity index (χ0) is 13.0. The van der Waals surface area contributed by atoms with Gasteiger partial charge >= 0.3 is 0 Å². The number of nitrogens with two attached hydrogens (primary N) is 1. The lowest BCUT2D eigenvalue weighted by molar-refractivity contribution is 0.0927. The first kappa shape index (κ1) is 13.0. The minimum Gasteiger partial charge on any atom is -0.348 e. The number of nitrogens with one attached hydrogen (secondary N) is 1. The van der Waals surface area contributed by atoms with Crippen LogP contribution in [0.25, 0.3) is 0 Å². The maximum absolute atomic E-state index is 12.0. The van der Waals surface area contributed by atoms with Crippen molar-refractivity contribution in [2.75, 3.05) is 0 Å². The van der Waals surface area contributed by atoms with Crippen LogP contribution >= 0.6 is 0 Å². The Bertz CT molecular complexity index is 398. The normalized spacial score (nSPS) is 16.3. The van der Waals surface area contributed by atoms with Gasteiger partial charge < -0.3 is 11.1 Å². The van der Waals surface area contributed by atoms with Crippen LogP contribution in [0.2, 0.25) is 0 Å². The van der Waals surface area contributed by atoms with Gasteiger partial charge in [0, 0.05) is 18.8 Å². The Hall–Kier alpha value is -1.42. The molecule has 0 aromatic carbocycles. The number of pyridine rings is 1. The molecule has 1 saturated carbocycles. The van der Waals surface area contributed by atoms with Crippen LogP contribution < -0.4 is 11.1 Å². The van der Waals surface area contributed by atoms with Crippen molar-refractivity contribution in [1.82, 2.24) is 10.3 Å². The molecule has 3 N–H and O–H groups in total. The lowest BCUT2D eigenvalue weighted by Crippen LogP contribution is -2.35. The van der Waals surface area contributed by atoms with E-state index in [1.54, 1.807) is 12.3 Å². The molecule has 1 aromatic rings. The smallest absolute Gasteiger partial charge is 0.270 e. The summed E-state index contributed by atoms with van der Waals surface area (Å²) in [5.41, 5.74) is 6.91. The summed E-state index contributed by atoms with van der Waals surface area (Å²) >= 11 is 0. The topological polar surface area (TPSA) is 68.0 Å². The number of amides is 1. The Kier molecular flexibility index (Phi) is 4.31. The van der Waals surface area contributed by atoms with Crippen LogP contribution in [0, 0.1) is 5.92 Å². The third-order valence-corrected chi connectivity index (χ3v) is 3.44. The van der Waals surface area contributed by atoms with Crippen LogP contribution in [0.3, 0.4) is 0 Å². The standard InChI is InChI=1S/C14H21N3O/c1-2-12(7-10-3-4-10)17-14(18)13-6-5-11(8-15)9-16-13/h5-6,9-10,12H,2-4,7-8,15H2,1H3,(H,17,18). The second-order valence-electron chi connectivity index (χ2n) is 5.01. The predicted octanol–water partition coefficient (Wildman–Crippen LogP) is 1.85. The van der Waals surface area contributed by atoms with Gasteiger partial charge in [0.2, 0.25) is 0 Å². The number of carbonyl (C=O) groups is 1. The Labute approximate surface area is 108 Å². The summed E-state index contributed by atoms with van der Waals surface area (Å²) in [6.07, 6.45) is 6.37. The molecule has 1 amide bonds. The maximum atomic E-state index is 12.0. The third-order valence-electron chi connectivity index (χ3n) is 3.44. The first-order valence-electron chi connectivity index (χ1n) is 6.68. The molecule has 1 atom stereocenters. The second kappa shape index (κ2) is 5.96. The Balaban J connectivity index is 1.91. The number of rotatable bonds is 6. The van der Waals surface area contributed by atoms with E-state index in [1.807, 2.05) is 6.07 Å². The molecule has 1 aliphatic rings. The van der Waals surface area contributed by atoms with Crippen molar-refractivity contribution >= 4 is 5.91 Å². The molecule has 1 aliphatic carbocycles. The summed E-state index contributed by atoms with van der Waals surface area (Å²) in [7, 11) is 0. The van der Waals surface area contributed by atoms with Crippen molar-refractivity contribution in [3.63, 3.8) is 0 Å². The molecular formula is C14H21N3O. The minimum atomic E-state index is -0.0777. The minimum absolute atomic E-state index is 0.0777. The molecule has 1 unspecified atom stereocenters. The molecule has 0 bridgehead atoms. The fraction of sp³-hybridized carbons (Fsp3) is 0.571. The highest BCUT2D eigenvalue weighted by molar-refractivity contribution is 5.92. The van der Waals surface area contributed by atoms with Gasteiger partial charge in [0.25, 0.3) is 5.91 Å². The number of nitrogens with zero attached hydrogens (tertiary/aromatic N) is 1. The van der Waals surface area contributed by atoms with Gasteiger partial charge in [-0.25, -0.2) is 0 Å². The van der Waals surface area contributed by atoms with E-state index in [9.17, 15) is 4.79 Å². The average molecular weight is 247 g/mol. The molecule has 1 fully saturated rings. The fourth-order valence-corrected chi connectivity index (χ4v) is 2.02. The molecule has 0 radical (unpaired) electrons. The third kappa shape index (κ3) is 3.53. The maximum Gasteiger partial charge on any atom is 0.270 e. The van der Waals surface area contributed by atoms with E-state index in [4.69, 9.17) is 5.73 Å². The Morgan fingerprint density at radius 2 is 2.33 bits per heavy atom. The molecule has 1 heterocycles. The van der Waals surface area contributed by atoms with Crippen molar-refractivity contribution in [1.29, 1.82) is 0 Å². The van der Waals surface area contributed by atoms with Crippen LogP contribution in [0.15, 0.2) is 18.3 Å². The molecule has 4 nitrogen and oxygen atoms in total. The van der Waals surface area contributed by atoms with E-state index < -0.39 is 0 Å². The van der Waals surface area contributed by atoms with Crippen LogP contribution in [-0.2, 0) is 6.54 Å². The van der Waals surface area contributed by atoms with Gasteiger partial charge in [0.15, 0.2) is 0 Å². The fourth-order valence-electron chi connectivity index (χ4n) is 2.02. The van der Waals surface area contributed by atoms with Gasteiger partial charge in [-0.3, -0.25) is 9.78 Å². The predicted molar refractivity (Wildman–Crippen MR) is 71.0 cm³/mol. The highest BCUT2D eigenvalue weighted by atomic mass is 16.1. The summed E-state index contributed by atoms with van der Waals surface area (Å²) in [4.78, 5) is 16.2. The number of aromatic nitrogens is 1. The lowest BCUT2D eigenvalue weighted by Gasteiger charge is -2.16. The largest absolute Gasteiger partial charge is 0.348 e. The molecule has 18 heavy (non-hydrogen) atoms. The first-order chi connectivity index (χ1) is 8.72. The van der Waals surface area contributed by atoms with Crippen LogP contribution in [0.4, 0.5) is 0 Å². The molecule has 0 spiro atoms. The van der Waals surface area contributed by atoms with Crippen LogP contribution in [0.5, 0.6) is 0 Å². The number of carbonyl (C=O) groups excluding carboxylic acids is 1. The van der Waals surface area contributed by atoms with Gasteiger partial charge in [-0.2, -0.15) is 0 Å². The highest BCUT2D eigenvalue weighted by Crippen LogP contribution is 2.34. The number of hydrogen-bond donors (Lipinski definition) is 2. The van der Waals surface area contributed by atoms with Crippen molar-refractivity contribution in [2.24, 2.45) is 11.7 Å². The molecule has 0 aliphatic heterocycles. The van der Waals surface area contributed by atoms with Crippen molar-refractivity contribution in [3.05, 3.63) is 29.6 Å². The average Bonchev–Trinajstić information content (AvgIpc) is 3.22. The Morgan fingerprint density at radius 1 is 1.56 bits per heavy atom. The first-order valence-corrected chi connectivity index (χ1v) is 6.68. The van der Waals surface area contributed by atoms with Crippen molar-refractivity contribution < 1.29 is 4.79 Å². The zero-order valence-electron chi connectivity index (χ0n) is 10.9. The number of hydrogen-bond acceptors (Lipinski definition) is 3. The molecule has 0 saturated heterocycles. The van der Waals surface area contributed by atoms with Gasteiger partial charge in [-0.1, -0.05) is 25.8 Å². The van der Waals surface area contributed by atoms with E-state index >= 15 is 0 Å². The Morgan fingerprint density at radius 3 is 2.83 bits per heavy atom. The molecule has 1 aromatic heterocycles. The van der Waals surface area contributed by atoms with Gasteiger partial charge in [-0.15, -0.1) is 0 Å². The molecular weight excluding hydrogens is 226 g/mol. The van der Waals surface area contributed by atoms with Crippen molar-refractivity contribution in [3.8, 4) is 0 Å². The molecule has 4 heteroatoms. The van der Waals surface area contributed by atoms with Gasteiger partial charge in [-0.05, 0) is 30.4 Å². The summed E-state index contributed by atoms with van der Waals surface area (Å²) < 4.78 is 0. The zero-order valence-corrected chi connectivity index (χ0v) is 10.9. The van der Waals surface area contributed by atoms with Crippen molar-refractivity contribution in [2.45, 2.75) is 45.2 Å². The lowest BCUT2D eigenvalue weighted by atomic mass is 10.1. The SMILES string of the molecule is CCC(CC1CC1)NC(=O)c1ccc(CN)cn1. The summed E-state index contributed by atoms with van der Waals surface area (Å²) in [5, 5.41) is 3.06. The second-order valence-corrected chi connectivity index (χ2v) is 5.01. The van der Waals surface area contributed by atoms with Gasteiger partial charge in [0.05, 0.1) is 0 Å². The molecule has 98 valence electrons. The van der Waals surface area contributed by atoms with E-state index in [2.05, 4.69) is 17.2 Å². The van der Waals surface area contributed by atoms with Gasteiger partial charge in [0.1, 0.15) is 5.69 Å². The highest BCUT2D eigenvalue weighted by Gasteiger charge is 2.25. The monoisotopic (exact) mass is 247 g/mol.